The minimum atomic E-state index is -0.382. The van der Waals surface area contributed by atoms with Gasteiger partial charge in [0.2, 0.25) is 5.91 Å². The lowest BCUT2D eigenvalue weighted by molar-refractivity contribution is -0.121. The van der Waals surface area contributed by atoms with E-state index in [-0.39, 0.29) is 30.3 Å². The first kappa shape index (κ1) is 21.5. The second-order valence-corrected chi connectivity index (χ2v) is 8.07. The number of carbonyl (C=O) groups excluding carboxylic acids is 2. The fourth-order valence-electron chi connectivity index (χ4n) is 3.72. The predicted octanol–water partition coefficient (Wildman–Crippen LogP) is 3.97. The molecule has 6 nitrogen and oxygen atoms in total. The van der Waals surface area contributed by atoms with Crippen LogP contribution in [0.25, 0.3) is 0 Å². The highest BCUT2D eigenvalue weighted by Crippen LogP contribution is 2.33. The molecular formula is C21H27FN4O2S. The van der Waals surface area contributed by atoms with Crippen LogP contribution in [0.15, 0.2) is 29.4 Å². The summed E-state index contributed by atoms with van der Waals surface area (Å²) in [7, 11) is 0. The van der Waals surface area contributed by atoms with Crippen LogP contribution in [0.4, 0.5) is 4.39 Å². The molecule has 1 fully saturated rings. The molecule has 1 N–H and O–H groups in total. The fraction of sp³-hybridized carbons (Fsp3) is 0.524. The second kappa shape index (κ2) is 10.5. The van der Waals surface area contributed by atoms with Crippen molar-refractivity contribution in [2.45, 2.75) is 62.6 Å². The van der Waals surface area contributed by atoms with Crippen molar-refractivity contribution in [2.75, 3.05) is 12.8 Å². The van der Waals surface area contributed by atoms with Crippen LogP contribution in [0.3, 0.4) is 0 Å². The zero-order chi connectivity index (χ0) is 20.6. The summed E-state index contributed by atoms with van der Waals surface area (Å²) in [6.45, 7) is 0.537. The van der Waals surface area contributed by atoms with Crippen LogP contribution in [-0.2, 0) is 11.2 Å². The maximum atomic E-state index is 12.9. The lowest BCUT2D eigenvalue weighted by Gasteiger charge is -2.16. The van der Waals surface area contributed by atoms with Crippen molar-refractivity contribution in [3.63, 3.8) is 0 Å². The van der Waals surface area contributed by atoms with Crippen LogP contribution >= 0.6 is 11.8 Å². The average molecular weight is 419 g/mol. The average Bonchev–Trinajstić information content (AvgIpc) is 3.39. The molecule has 0 saturated heterocycles. The molecule has 1 aromatic carbocycles. The number of carbonyl (C=O) groups is 2. The van der Waals surface area contributed by atoms with Crippen LogP contribution in [0.1, 0.15) is 67.2 Å². The molecule has 8 heteroatoms. The SMILES string of the molecule is CSc1nnc(CCCNC(=O)CCC(=O)c2ccc(F)cc2)n1C1CCCC1. The standard InChI is InChI=1S/C21H27FN4O2S/c1-29-21-25-24-19(26(21)17-5-2-3-6-17)7-4-14-23-20(28)13-12-18(27)15-8-10-16(22)11-9-15/h8-11,17H,2-7,12-14H2,1H3,(H,23,28). The van der Waals surface area contributed by atoms with Crippen LogP contribution in [-0.4, -0.2) is 39.3 Å². The molecule has 1 heterocycles. The number of hydrogen-bond donors (Lipinski definition) is 1. The van der Waals surface area contributed by atoms with Gasteiger partial charge in [0.25, 0.3) is 0 Å². The quantitative estimate of drug-likeness (QED) is 0.359. The lowest BCUT2D eigenvalue weighted by atomic mass is 10.1. The number of ketones is 1. The molecule has 2 aromatic rings. The minimum absolute atomic E-state index is 0.116. The smallest absolute Gasteiger partial charge is 0.220 e. The molecule has 0 atom stereocenters. The maximum Gasteiger partial charge on any atom is 0.220 e. The third kappa shape index (κ3) is 5.88. The van der Waals surface area contributed by atoms with Crippen molar-refractivity contribution in [1.29, 1.82) is 0 Å². The van der Waals surface area contributed by atoms with Crippen LogP contribution < -0.4 is 5.32 Å². The van der Waals surface area contributed by atoms with Crippen molar-refractivity contribution in [3.05, 3.63) is 41.5 Å². The molecule has 0 spiro atoms. The van der Waals surface area contributed by atoms with Crippen molar-refractivity contribution in [2.24, 2.45) is 0 Å². The highest BCUT2D eigenvalue weighted by atomic mass is 32.2. The van der Waals surface area contributed by atoms with Crippen molar-refractivity contribution in [1.82, 2.24) is 20.1 Å². The van der Waals surface area contributed by atoms with E-state index in [0.29, 0.717) is 18.2 Å². The number of aromatic nitrogens is 3. The Hall–Kier alpha value is -2.22. The highest BCUT2D eigenvalue weighted by Gasteiger charge is 2.23. The van der Waals surface area contributed by atoms with Gasteiger partial charge in [-0.1, -0.05) is 24.6 Å². The normalized spacial score (nSPS) is 14.3. The molecule has 29 heavy (non-hydrogen) atoms. The molecule has 156 valence electrons. The van der Waals surface area contributed by atoms with Gasteiger partial charge in [0.1, 0.15) is 11.6 Å². The fourth-order valence-corrected chi connectivity index (χ4v) is 4.29. The molecule has 0 aliphatic heterocycles. The third-order valence-electron chi connectivity index (χ3n) is 5.25. The number of hydrogen-bond acceptors (Lipinski definition) is 5. The Kier molecular flexibility index (Phi) is 7.80. The number of benzene rings is 1. The molecule has 3 rings (SSSR count). The number of amides is 1. The van der Waals surface area contributed by atoms with E-state index in [0.717, 1.165) is 23.8 Å². The summed E-state index contributed by atoms with van der Waals surface area (Å²) in [6, 6.07) is 5.88. The number of halogens is 1. The first-order valence-electron chi connectivity index (χ1n) is 10.1. The highest BCUT2D eigenvalue weighted by molar-refractivity contribution is 7.98. The molecule has 0 bridgehead atoms. The molecule has 0 radical (unpaired) electrons. The van der Waals surface area contributed by atoms with Crippen LogP contribution in [0, 0.1) is 5.82 Å². The van der Waals surface area contributed by atoms with Gasteiger partial charge in [0, 0.05) is 37.4 Å². The zero-order valence-electron chi connectivity index (χ0n) is 16.7. The summed E-state index contributed by atoms with van der Waals surface area (Å²) in [5.74, 6) is 0.298. The van der Waals surface area contributed by atoms with E-state index in [1.54, 1.807) is 11.8 Å². The van der Waals surface area contributed by atoms with Gasteiger partial charge in [-0.05, 0) is 49.8 Å². The van der Waals surface area contributed by atoms with Gasteiger partial charge in [0.15, 0.2) is 10.9 Å². The van der Waals surface area contributed by atoms with Crippen molar-refractivity contribution < 1.29 is 14.0 Å². The van der Waals surface area contributed by atoms with E-state index in [1.165, 1.54) is 49.9 Å². The minimum Gasteiger partial charge on any atom is -0.356 e. The Bertz CT molecular complexity index is 832. The molecule has 1 aliphatic rings. The van der Waals surface area contributed by atoms with Crippen molar-refractivity contribution >= 4 is 23.5 Å². The summed E-state index contributed by atoms with van der Waals surface area (Å²) < 4.78 is 15.2. The van der Waals surface area contributed by atoms with Gasteiger partial charge in [-0.15, -0.1) is 10.2 Å². The number of nitrogens with zero attached hydrogens (tertiary/aromatic N) is 3. The molecular weight excluding hydrogens is 391 g/mol. The van der Waals surface area contributed by atoms with E-state index in [9.17, 15) is 14.0 Å². The predicted molar refractivity (Wildman–Crippen MR) is 111 cm³/mol. The summed E-state index contributed by atoms with van der Waals surface area (Å²) in [5, 5.41) is 12.5. The molecule has 1 amide bonds. The van der Waals surface area contributed by atoms with Crippen LogP contribution in [0.5, 0.6) is 0 Å². The number of nitrogens with one attached hydrogen (secondary N) is 1. The van der Waals surface area contributed by atoms with Gasteiger partial charge in [-0.2, -0.15) is 0 Å². The van der Waals surface area contributed by atoms with E-state index < -0.39 is 0 Å². The second-order valence-electron chi connectivity index (χ2n) is 7.29. The molecule has 1 saturated carbocycles. The third-order valence-corrected chi connectivity index (χ3v) is 5.90. The molecule has 0 unspecified atom stereocenters. The molecule has 1 aliphatic carbocycles. The maximum absolute atomic E-state index is 12.9. The largest absolute Gasteiger partial charge is 0.356 e. The summed E-state index contributed by atoms with van der Waals surface area (Å²) in [6.07, 6.45) is 8.67. The Morgan fingerprint density at radius 2 is 1.90 bits per heavy atom. The summed E-state index contributed by atoms with van der Waals surface area (Å²) >= 11 is 1.62. The first-order chi connectivity index (χ1) is 14.1. The Morgan fingerprint density at radius 3 is 2.59 bits per heavy atom. The number of thioether (sulfide) groups is 1. The molecule has 1 aromatic heterocycles. The Balaban J connectivity index is 1.40. The van der Waals surface area contributed by atoms with Crippen LogP contribution in [0.2, 0.25) is 0 Å². The number of rotatable bonds is 10. The lowest BCUT2D eigenvalue weighted by Crippen LogP contribution is -2.25. The topological polar surface area (TPSA) is 76.9 Å². The van der Waals surface area contributed by atoms with E-state index in [2.05, 4.69) is 20.1 Å². The number of Topliss-reactive ketones (excluding diaryl/α,β-unsaturated/α-hetero) is 1. The number of aryl methyl sites for hydroxylation is 1. The van der Waals surface area contributed by atoms with Crippen molar-refractivity contribution in [3.8, 4) is 0 Å². The van der Waals surface area contributed by atoms with Gasteiger partial charge >= 0.3 is 0 Å². The van der Waals surface area contributed by atoms with Gasteiger partial charge in [-0.3, -0.25) is 9.59 Å². The Labute approximate surface area is 174 Å². The zero-order valence-corrected chi connectivity index (χ0v) is 17.5. The monoisotopic (exact) mass is 418 g/mol. The Morgan fingerprint density at radius 1 is 1.17 bits per heavy atom. The van der Waals surface area contributed by atoms with Gasteiger partial charge in [-0.25, -0.2) is 4.39 Å². The van der Waals surface area contributed by atoms with E-state index >= 15 is 0 Å². The summed E-state index contributed by atoms with van der Waals surface area (Å²) in [5.41, 5.74) is 0.426. The van der Waals surface area contributed by atoms with Gasteiger partial charge < -0.3 is 9.88 Å². The first-order valence-corrected chi connectivity index (χ1v) is 11.3. The van der Waals surface area contributed by atoms with Gasteiger partial charge in [0.05, 0.1) is 0 Å². The van der Waals surface area contributed by atoms with E-state index in [1.807, 2.05) is 6.26 Å². The van der Waals surface area contributed by atoms with E-state index in [4.69, 9.17) is 0 Å². The summed E-state index contributed by atoms with van der Waals surface area (Å²) in [4.78, 5) is 24.1.